The van der Waals surface area contributed by atoms with E-state index >= 15 is 0 Å². The van der Waals surface area contributed by atoms with Gasteiger partial charge in [-0.1, -0.05) is 12.1 Å². The van der Waals surface area contributed by atoms with Gasteiger partial charge in [0.05, 0.1) is 5.70 Å². The fourth-order valence-electron chi connectivity index (χ4n) is 3.15. The number of nitrogens with zero attached hydrogens (tertiary/aromatic N) is 2. The predicted molar refractivity (Wildman–Crippen MR) is 106 cm³/mol. The van der Waals surface area contributed by atoms with E-state index in [-0.39, 0.29) is 0 Å². The summed E-state index contributed by atoms with van der Waals surface area (Å²) in [4.78, 5) is 7.21. The van der Waals surface area contributed by atoms with Crippen LogP contribution in [0, 0.1) is 0 Å². The number of aliphatic imine (C=N–C) groups is 1. The molecule has 4 N–H and O–H groups in total. The summed E-state index contributed by atoms with van der Waals surface area (Å²) >= 11 is 0. The van der Waals surface area contributed by atoms with E-state index in [2.05, 4.69) is 46.7 Å². The van der Waals surface area contributed by atoms with Gasteiger partial charge in [-0.05, 0) is 62.8 Å². The Hall–Kier alpha value is -1.85. The molecule has 2 fully saturated rings. The van der Waals surface area contributed by atoms with Crippen molar-refractivity contribution in [3.05, 3.63) is 41.7 Å². The smallest absolute Gasteiger partial charge is 0.101 e. The van der Waals surface area contributed by atoms with Gasteiger partial charge in [-0.15, -0.1) is 0 Å². The Balaban J connectivity index is 1.64. The van der Waals surface area contributed by atoms with Crippen molar-refractivity contribution < 1.29 is 0 Å². The van der Waals surface area contributed by atoms with Crippen LogP contribution in [0.3, 0.4) is 0 Å². The van der Waals surface area contributed by atoms with Crippen molar-refractivity contribution in [2.45, 2.75) is 38.5 Å². The van der Waals surface area contributed by atoms with Gasteiger partial charge < -0.3 is 21.3 Å². The van der Waals surface area contributed by atoms with Crippen molar-refractivity contribution in [3.63, 3.8) is 0 Å². The first kappa shape index (κ1) is 18.0. The van der Waals surface area contributed by atoms with Gasteiger partial charge in [0, 0.05) is 38.1 Å². The predicted octanol–water partition coefficient (Wildman–Crippen LogP) is 2.88. The second-order valence-corrected chi connectivity index (χ2v) is 6.96. The zero-order valence-corrected chi connectivity index (χ0v) is 15.3. The number of hydrogen-bond acceptors (Lipinski definition) is 4. The summed E-state index contributed by atoms with van der Waals surface area (Å²) in [5, 5.41) is 6.79. The van der Waals surface area contributed by atoms with Crippen LogP contribution < -0.4 is 16.4 Å². The summed E-state index contributed by atoms with van der Waals surface area (Å²) in [5.74, 6) is 1.90. The quantitative estimate of drug-likeness (QED) is 0.527. The number of nitrogens with one attached hydrogen (secondary N) is 2. The van der Waals surface area contributed by atoms with Crippen LogP contribution in [-0.2, 0) is 0 Å². The van der Waals surface area contributed by atoms with Crippen molar-refractivity contribution in [2.75, 3.05) is 38.0 Å². The molecule has 0 bridgehead atoms. The van der Waals surface area contributed by atoms with Gasteiger partial charge in [0.1, 0.15) is 5.84 Å². The van der Waals surface area contributed by atoms with Gasteiger partial charge in [-0.25, -0.2) is 4.99 Å². The number of benzene rings is 1. The first-order chi connectivity index (χ1) is 12.3. The number of anilines is 1. The highest BCUT2D eigenvalue weighted by Crippen LogP contribution is 2.40. The first-order valence-corrected chi connectivity index (χ1v) is 9.53. The van der Waals surface area contributed by atoms with E-state index in [1.54, 1.807) is 0 Å². The van der Waals surface area contributed by atoms with Gasteiger partial charge in [0.2, 0.25) is 0 Å². The molecular formula is C20H31N5. The summed E-state index contributed by atoms with van der Waals surface area (Å²) in [6.45, 7) is 6.90. The Kier molecular flexibility index (Phi) is 6.48. The first-order valence-electron chi connectivity index (χ1n) is 9.53. The maximum absolute atomic E-state index is 5.69. The summed E-state index contributed by atoms with van der Waals surface area (Å²) in [6, 6.07) is 8.81. The molecular weight excluding hydrogens is 310 g/mol. The number of nitrogens with two attached hydrogens (primary N) is 1. The molecule has 1 aromatic carbocycles. The summed E-state index contributed by atoms with van der Waals surface area (Å²) in [7, 11) is 0. The highest BCUT2D eigenvalue weighted by Gasteiger charge is 2.22. The van der Waals surface area contributed by atoms with Gasteiger partial charge >= 0.3 is 0 Å². The molecule has 1 saturated carbocycles. The third-order valence-corrected chi connectivity index (χ3v) is 4.88. The Morgan fingerprint density at radius 2 is 2.00 bits per heavy atom. The Morgan fingerprint density at radius 3 is 2.64 bits per heavy atom. The molecule has 5 heteroatoms. The monoisotopic (exact) mass is 341 g/mol. The van der Waals surface area contributed by atoms with Crippen molar-refractivity contribution >= 4 is 11.5 Å². The van der Waals surface area contributed by atoms with Gasteiger partial charge in [0.25, 0.3) is 0 Å². The maximum Gasteiger partial charge on any atom is 0.101 e. The Bertz CT molecular complexity index is 595. The summed E-state index contributed by atoms with van der Waals surface area (Å²) in [6.07, 6.45) is 6.57. The van der Waals surface area contributed by atoms with Gasteiger partial charge in [-0.2, -0.15) is 0 Å². The lowest BCUT2D eigenvalue weighted by molar-refractivity contribution is 0.355. The van der Waals surface area contributed by atoms with Crippen molar-refractivity contribution in [1.29, 1.82) is 0 Å². The van der Waals surface area contributed by atoms with Crippen LogP contribution in [0.4, 0.5) is 5.69 Å². The van der Waals surface area contributed by atoms with Crippen LogP contribution in [0.15, 0.2) is 41.2 Å². The highest BCUT2D eigenvalue weighted by atomic mass is 15.2. The zero-order valence-electron chi connectivity index (χ0n) is 15.3. The molecule has 1 aliphatic carbocycles. The van der Waals surface area contributed by atoms with E-state index in [0.717, 1.165) is 62.2 Å². The molecule has 5 nitrogen and oxygen atoms in total. The third kappa shape index (κ3) is 5.58. The zero-order chi connectivity index (χ0) is 17.5. The molecule has 2 aliphatic rings. The number of amidine groups is 1. The third-order valence-electron chi connectivity index (χ3n) is 4.88. The second kappa shape index (κ2) is 9.02. The SMILES string of the molecule is CC(=N/C(=C\Nc1ccc(C2CC2)cc1)CCCN)N1CCNCC1. The van der Waals surface area contributed by atoms with Crippen LogP contribution in [0.5, 0.6) is 0 Å². The second-order valence-electron chi connectivity index (χ2n) is 6.96. The molecule has 0 atom stereocenters. The van der Waals surface area contributed by atoms with E-state index in [0.29, 0.717) is 6.54 Å². The van der Waals surface area contributed by atoms with Crippen LogP contribution in [0.25, 0.3) is 0 Å². The number of hydrogen-bond donors (Lipinski definition) is 3. The molecule has 0 radical (unpaired) electrons. The van der Waals surface area contributed by atoms with Crippen LogP contribution >= 0.6 is 0 Å². The number of piperazine rings is 1. The summed E-state index contributed by atoms with van der Waals surface area (Å²) < 4.78 is 0. The fourth-order valence-corrected chi connectivity index (χ4v) is 3.15. The molecule has 0 aromatic heterocycles. The minimum Gasteiger partial charge on any atom is -0.360 e. The molecule has 1 aromatic rings. The average molecular weight is 342 g/mol. The largest absolute Gasteiger partial charge is 0.360 e. The lowest BCUT2D eigenvalue weighted by Crippen LogP contribution is -2.45. The van der Waals surface area contributed by atoms with E-state index in [1.165, 1.54) is 18.4 Å². The molecule has 0 spiro atoms. The standard InChI is InChI=1S/C20H31N5/c1-16(25-13-11-22-12-14-25)24-20(3-2-10-21)15-23-19-8-6-18(7-9-19)17-4-5-17/h6-9,15,17,22-23H,2-5,10-14,21H2,1H3/b20-15-,24-16?. The molecule has 136 valence electrons. The van der Waals surface area contributed by atoms with Gasteiger partial charge in [-0.3, -0.25) is 0 Å². The molecule has 3 rings (SSSR count). The normalized spacial score (nSPS) is 19.2. The average Bonchev–Trinajstić information content (AvgIpc) is 3.50. The number of rotatable bonds is 7. The molecule has 1 saturated heterocycles. The Morgan fingerprint density at radius 1 is 1.28 bits per heavy atom. The van der Waals surface area contributed by atoms with Crippen LogP contribution in [-0.4, -0.2) is 43.5 Å². The van der Waals surface area contributed by atoms with Crippen LogP contribution in [0.1, 0.15) is 44.1 Å². The highest BCUT2D eigenvalue weighted by molar-refractivity contribution is 5.80. The molecule has 0 amide bonds. The molecule has 0 unspecified atom stereocenters. The molecule has 1 aliphatic heterocycles. The molecule has 25 heavy (non-hydrogen) atoms. The summed E-state index contributed by atoms with van der Waals surface area (Å²) in [5.41, 5.74) is 9.34. The van der Waals surface area contributed by atoms with E-state index in [9.17, 15) is 0 Å². The van der Waals surface area contributed by atoms with Crippen molar-refractivity contribution in [3.8, 4) is 0 Å². The molecule has 1 heterocycles. The maximum atomic E-state index is 5.69. The van der Waals surface area contributed by atoms with E-state index in [1.807, 2.05) is 6.20 Å². The van der Waals surface area contributed by atoms with Crippen molar-refractivity contribution in [2.24, 2.45) is 10.7 Å². The van der Waals surface area contributed by atoms with Crippen molar-refractivity contribution in [1.82, 2.24) is 10.2 Å². The fraction of sp³-hybridized carbons (Fsp3) is 0.550. The minimum absolute atomic E-state index is 0.690. The lowest BCUT2D eigenvalue weighted by atomic mass is 10.1. The van der Waals surface area contributed by atoms with E-state index < -0.39 is 0 Å². The Labute approximate surface area is 151 Å². The van der Waals surface area contributed by atoms with E-state index in [4.69, 9.17) is 10.7 Å². The minimum atomic E-state index is 0.690. The lowest BCUT2D eigenvalue weighted by Gasteiger charge is -2.29. The van der Waals surface area contributed by atoms with Gasteiger partial charge in [0.15, 0.2) is 0 Å². The topological polar surface area (TPSA) is 65.7 Å². The number of allylic oxidation sites excluding steroid dienone is 1. The van der Waals surface area contributed by atoms with Crippen LogP contribution in [0.2, 0.25) is 0 Å².